The average Bonchev–Trinajstić information content (AvgIpc) is 2.40. The molecule has 112 valence electrons. The van der Waals surface area contributed by atoms with Crippen LogP contribution < -0.4 is 10.5 Å². The van der Waals surface area contributed by atoms with E-state index in [9.17, 15) is 8.42 Å². The Morgan fingerprint density at radius 3 is 2.57 bits per heavy atom. The van der Waals surface area contributed by atoms with Crippen molar-refractivity contribution in [2.24, 2.45) is 0 Å². The molecular weight excluding hydrogens is 378 g/mol. The van der Waals surface area contributed by atoms with Crippen LogP contribution in [-0.4, -0.2) is 15.5 Å². The van der Waals surface area contributed by atoms with Gasteiger partial charge in [-0.25, -0.2) is 8.42 Å². The van der Waals surface area contributed by atoms with E-state index < -0.39 is 9.84 Å². The topological polar surface area (TPSA) is 69.4 Å². The second kappa shape index (κ2) is 6.25. The molecular formula is C14H13BrClNO3S. The van der Waals surface area contributed by atoms with E-state index in [1.807, 2.05) is 0 Å². The maximum absolute atomic E-state index is 12.5. The average molecular weight is 391 g/mol. The van der Waals surface area contributed by atoms with Crippen molar-refractivity contribution in [1.82, 2.24) is 0 Å². The van der Waals surface area contributed by atoms with Crippen molar-refractivity contribution in [2.45, 2.75) is 10.6 Å². The molecule has 4 nitrogen and oxygen atoms in total. The third-order valence-corrected chi connectivity index (χ3v) is 5.65. The number of anilines is 1. The van der Waals surface area contributed by atoms with Crippen LogP contribution >= 0.6 is 27.5 Å². The van der Waals surface area contributed by atoms with Gasteiger partial charge in [-0.3, -0.25) is 0 Å². The Balaban J connectivity index is 2.42. The predicted octanol–water partition coefficient (Wildman–Crippen LogP) is 3.67. The van der Waals surface area contributed by atoms with E-state index in [-0.39, 0.29) is 16.3 Å². The van der Waals surface area contributed by atoms with E-state index in [1.165, 1.54) is 25.3 Å². The second-order valence-electron chi connectivity index (χ2n) is 4.40. The van der Waals surface area contributed by atoms with Crippen LogP contribution in [0, 0.1) is 0 Å². The molecule has 0 aliphatic carbocycles. The Bertz CT molecular complexity index is 778. The highest BCUT2D eigenvalue weighted by molar-refractivity contribution is 9.10. The van der Waals surface area contributed by atoms with E-state index in [1.54, 1.807) is 18.2 Å². The van der Waals surface area contributed by atoms with E-state index in [2.05, 4.69) is 15.9 Å². The number of halogens is 2. The number of sulfone groups is 1. The lowest BCUT2D eigenvalue weighted by molar-refractivity contribution is 0.414. The molecule has 2 N–H and O–H groups in total. The van der Waals surface area contributed by atoms with Crippen molar-refractivity contribution in [3.8, 4) is 5.75 Å². The number of hydrogen-bond donors (Lipinski definition) is 1. The molecule has 0 unspecified atom stereocenters. The molecule has 0 saturated heterocycles. The summed E-state index contributed by atoms with van der Waals surface area (Å²) in [6.45, 7) is 0. The summed E-state index contributed by atoms with van der Waals surface area (Å²) >= 11 is 9.14. The standard InChI is InChI=1S/C14H13BrClNO3S/c1-20-11-3-4-12(15)9(6-11)8-21(18,19)14-5-2-10(16)7-13(14)17/h2-7H,8,17H2,1H3. The van der Waals surface area contributed by atoms with Gasteiger partial charge in [-0.2, -0.15) is 0 Å². The fourth-order valence-corrected chi connectivity index (χ4v) is 4.12. The third-order valence-electron chi connectivity index (χ3n) is 2.91. The Hall–Kier alpha value is -1.24. The molecule has 0 radical (unpaired) electrons. The molecule has 2 aromatic rings. The summed E-state index contributed by atoms with van der Waals surface area (Å²) in [5, 5.41) is 0.397. The molecule has 2 rings (SSSR count). The third kappa shape index (κ3) is 3.70. The Morgan fingerprint density at radius 1 is 1.24 bits per heavy atom. The molecule has 2 aromatic carbocycles. The molecule has 0 atom stereocenters. The minimum Gasteiger partial charge on any atom is -0.497 e. The Kier molecular flexibility index (Phi) is 4.81. The Labute approximate surface area is 136 Å². The molecule has 0 saturated carbocycles. The molecule has 0 amide bonds. The summed E-state index contributed by atoms with van der Waals surface area (Å²) in [6.07, 6.45) is 0. The monoisotopic (exact) mass is 389 g/mol. The molecule has 0 bridgehead atoms. The van der Waals surface area contributed by atoms with Gasteiger partial charge in [-0.1, -0.05) is 27.5 Å². The van der Waals surface area contributed by atoms with Crippen LogP contribution in [0.3, 0.4) is 0 Å². The number of ether oxygens (including phenoxy) is 1. The number of nitrogen functional groups attached to an aromatic ring is 1. The summed E-state index contributed by atoms with van der Waals surface area (Å²) in [5.41, 5.74) is 6.50. The van der Waals surface area contributed by atoms with Crippen molar-refractivity contribution in [3.63, 3.8) is 0 Å². The van der Waals surface area contributed by atoms with Crippen molar-refractivity contribution in [1.29, 1.82) is 0 Å². The second-order valence-corrected chi connectivity index (χ2v) is 7.65. The minimum atomic E-state index is -3.58. The zero-order chi connectivity index (χ0) is 15.6. The smallest absolute Gasteiger partial charge is 0.184 e. The fourth-order valence-electron chi connectivity index (χ4n) is 1.87. The van der Waals surface area contributed by atoms with Crippen LogP contribution in [0.15, 0.2) is 45.8 Å². The summed E-state index contributed by atoms with van der Waals surface area (Å²) in [5.74, 6) is 0.406. The number of methoxy groups -OCH3 is 1. The van der Waals surface area contributed by atoms with Crippen LogP contribution in [-0.2, 0) is 15.6 Å². The number of hydrogen-bond acceptors (Lipinski definition) is 4. The maximum atomic E-state index is 12.5. The first-order valence-corrected chi connectivity index (χ1v) is 8.76. The van der Waals surface area contributed by atoms with Gasteiger partial charge >= 0.3 is 0 Å². The van der Waals surface area contributed by atoms with Gasteiger partial charge in [0.05, 0.1) is 23.4 Å². The zero-order valence-electron chi connectivity index (χ0n) is 11.1. The van der Waals surface area contributed by atoms with E-state index in [4.69, 9.17) is 22.1 Å². The first kappa shape index (κ1) is 16.1. The van der Waals surface area contributed by atoms with Crippen LogP contribution in [0.25, 0.3) is 0 Å². The lowest BCUT2D eigenvalue weighted by Crippen LogP contribution is -2.08. The largest absolute Gasteiger partial charge is 0.497 e. The Morgan fingerprint density at radius 2 is 1.95 bits per heavy atom. The number of benzene rings is 2. The predicted molar refractivity (Wildman–Crippen MR) is 87.4 cm³/mol. The van der Waals surface area contributed by atoms with Gasteiger partial charge in [0.2, 0.25) is 0 Å². The highest BCUT2D eigenvalue weighted by Gasteiger charge is 2.20. The van der Waals surface area contributed by atoms with E-state index in [0.29, 0.717) is 20.8 Å². The number of nitrogens with two attached hydrogens (primary N) is 1. The van der Waals surface area contributed by atoms with Gasteiger partial charge in [0.1, 0.15) is 5.75 Å². The van der Waals surface area contributed by atoms with Crippen molar-refractivity contribution < 1.29 is 13.2 Å². The van der Waals surface area contributed by atoms with Gasteiger partial charge in [-0.15, -0.1) is 0 Å². The molecule has 21 heavy (non-hydrogen) atoms. The molecule has 0 heterocycles. The fraction of sp³-hybridized carbons (Fsp3) is 0.143. The van der Waals surface area contributed by atoms with E-state index >= 15 is 0 Å². The summed E-state index contributed by atoms with van der Waals surface area (Å²) < 4.78 is 30.8. The quantitative estimate of drug-likeness (QED) is 0.809. The summed E-state index contributed by atoms with van der Waals surface area (Å²) in [7, 11) is -2.05. The first-order valence-electron chi connectivity index (χ1n) is 5.93. The highest BCUT2D eigenvalue weighted by atomic mass is 79.9. The normalized spacial score (nSPS) is 11.4. The van der Waals surface area contributed by atoms with Gasteiger partial charge in [0, 0.05) is 9.50 Å². The molecule has 0 aliphatic rings. The van der Waals surface area contributed by atoms with Crippen LogP contribution in [0.1, 0.15) is 5.56 Å². The maximum Gasteiger partial charge on any atom is 0.184 e. The SMILES string of the molecule is COc1ccc(Br)c(CS(=O)(=O)c2ccc(Cl)cc2N)c1. The summed E-state index contributed by atoms with van der Waals surface area (Å²) in [4.78, 5) is 0.0709. The highest BCUT2D eigenvalue weighted by Crippen LogP contribution is 2.29. The van der Waals surface area contributed by atoms with Crippen molar-refractivity contribution in [2.75, 3.05) is 12.8 Å². The van der Waals surface area contributed by atoms with Crippen LogP contribution in [0.2, 0.25) is 5.02 Å². The minimum absolute atomic E-state index is 0.0709. The zero-order valence-corrected chi connectivity index (χ0v) is 14.3. The van der Waals surface area contributed by atoms with E-state index in [0.717, 1.165) is 0 Å². The van der Waals surface area contributed by atoms with Gasteiger partial charge in [0.15, 0.2) is 9.84 Å². The molecule has 0 aromatic heterocycles. The lowest BCUT2D eigenvalue weighted by Gasteiger charge is -2.10. The molecule has 0 aliphatic heterocycles. The lowest BCUT2D eigenvalue weighted by atomic mass is 10.2. The van der Waals surface area contributed by atoms with Gasteiger partial charge in [0.25, 0.3) is 0 Å². The molecule has 0 spiro atoms. The van der Waals surface area contributed by atoms with Crippen LogP contribution in [0.4, 0.5) is 5.69 Å². The van der Waals surface area contributed by atoms with Crippen LogP contribution in [0.5, 0.6) is 5.75 Å². The molecule has 7 heteroatoms. The first-order chi connectivity index (χ1) is 9.83. The molecule has 0 fully saturated rings. The number of rotatable bonds is 4. The summed E-state index contributed by atoms with van der Waals surface area (Å²) in [6, 6.07) is 9.51. The van der Waals surface area contributed by atoms with Gasteiger partial charge < -0.3 is 10.5 Å². The van der Waals surface area contributed by atoms with Crippen molar-refractivity contribution in [3.05, 3.63) is 51.5 Å². The van der Waals surface area contributed by atoms with Crippen molar-refractivity contribution >= 4 is 43.1 Å². The van der Waals surface area contributed by atoms with Gasteiger partial charge in [-0.05, 0) is 42.0 Å².